The molecule has 0 bridgehead atoms. The quantitative estimate of drug-likeness (QED) is 0.678. The van der Waals surface area contributed by atoms with E-state index in [0.717, 1.165) is 0 Å². The zero-order valence-corrected chi connectivity index (χ0v) is 11.3. The highest BCUT2D eigenvalue weighted by molar-refractivity contribution is 5.32. The summed E-state index contributed by atoms with van der Waals surface area (Å²) in [4.78, 5) is 0. The van der Waals surface area contributed by atoms with Crippen molar-refractivity contribution in [2.24, 2.45) is 11.3 Å². The van der Waals surface area contributed by atoms with Crippen molar-refractivity contribution < 1.29 is 0 Å². The molecule has 1 radical (unpaired) electrons. The fourth-order valence-electron chi connectivity index (χ4n) is 1.43. The molecule has 0 spiro atoms. The number of hydrogen-bond acceptors (Lipinski definition) is 1. The lowest BCUT2D eigenvalue weighted by atomic mass is 9.75. The molecule has 87 valence electrons. The summed E-state index contributed by atoms with van der Waals surface area (Å²) in [5, 5.41) is 3.34. The smallest absolute Gasteiger partial charge is 0.0884 e. The van der Waals surface area contributed by atoms with Crippen molar-refractivity contribution >= 4 is 0 Å². The minimum atomic E-state index is 0.322. The van der Waals surface area contributed by atoms with Crippen molar-refractivity contribution in [2.45, 2.75) is 48.5 Å². The fourth-order valence-corrected chi connectivity index (χ4v) is 1.43. The number of allylic oxidation sites excluding steroid dienone is 2. The van der Waals surface area contributed by atoms with Crippen LogP contribution in [0.5, 0.6) is 0 Å². The number of hydrogen-bond donors (Lipinski definition) is 1. The molecule has 1 nitrogen and oxygen atoms in total. The van der Waals surface area contributed by atoms with Crippen molar-refractivity contribution in [1.82, 2.24) is 5.32 Å². The van der Waals surface area contributed by atoms with Crippen LogP contribution >= 0.6 is 0 Å². The molecular weight excluding hydrogens is 182 g/mol. The highest BCUT2D eigenvalue weighted by Gasteiger charge is 2.29. The van der Waals surface area contributed by atoms with Gasteiger partial charge < -0.3 is 5.32 Å². The maximum Gasteiger partial charge on any atom is 0.0884 e. The summed E-state index contributed by atoms with van der Waals surface area (Å²) < 4.78 is 0. The van der Waals surface area contributed by atoms with E-state index >= 15 is 0 Å². The first kappa shape index (κ1) is 14.3. The van der Waals surface area contributed by atoms with Crippen LogP contribution in [0.4, 0.5) is 0 Å². The topological polar surface area (TPSA) is 12.0 Å². The molecule has 0 fully saturated rings. The molecule has 1 aliphatic heterocycles. The Kier molecular flexibility index (Phi) is 5.71. The summed E-state index contributed by atoms with van der Waals surface area (Å²) in [6.07, 6.45) is 6.22. The van der Waals surface area contributed by atoms with Gasteiger partial charge in [0.05, 0.1) is 6.04 Å². The molecule has 0 amide bonds. The Bertz CT molecular complexity index is 230. The second kappa shape index (κ2) is 5.99. The standard InChI is InChI=1S/C12H20N.C2H6/c1-9-7-6-8-13-11(9)10(2)12(3,4)5;1-2/h6-8,10,13H,1-5H3;1-2H3. The van der Waals surface area contributed by atoms with Crippen LogP contribution in [0.1, 0.15) is 48.5 Å². The van der Waals surface area contributed by atoms with Crippen molar-refractivity contribution in [2.75, 3.05) is 0 Å². The van der Waals surface area contributed by atoms with Crippen LogP contribution < -0.4 is 5.32 Å². The molecule has 0 aromatic carbocycles. The van der Waals surface area contributed by atoms with Crippen LogP contribution in [0.2, 0.25) is 0 Å². The second-order valence-electron chi connectivity index (χ2n) is 4.85. The average molecular weight is 208 g/mol. The third kappa shape index (κ3) is 4.11. The molecule has 1 rings (SSSR count). The van der Waals surface area contributed by atoms with Gasteiger partial charge in [0.15, 0.2) is 0 Å². The lowest BCUT2D eigenvalue weighted by Gasteiger charge is -2.35. The van der Waals surface area contributed by atoms with E-state index in [2.05, 4.69) is 46.0 Å². The fraction of sp³-hybridized carbons (Fsp3) is 0.643. The van der Waals surface area contributed by atoms with E-state index in [9.17, 15) is 0 Å². The summed E-state index contributed by atoms with van der Waals surface area (Å²) >= 11 is 0. The Morgan fingerprint density at radius 1 is 1.20 bits per heavy atom. The molecule has 0 saturated heterocycles. The van der Waals surface area contributed by atoms with E-state index in [1.807, 2.05) is 26.1 Å². The van der Waals surface area contributed by atoms with Gasteiger partial charge >= 0.3 is 0 Å². The molecule has 15 heavy (non-hydrogen) atoms. The third-order valence-corrected chi connectivity index (χ3v) is 2.84. The summed E-state index contributed by atoms with van der Waals surface area (Å²) in [6, 6.07) is 1.36. The summed E-state index contributed by atoms with van der Waals surface area (Å²) in [5.41, 5.74) is 1.67. The van der Waals surface area contributed by atoms with Gasteiger partial charge in [-0.2, -0.15) is 0 Å². The van der Waals surface area contributed by atoms with Crippen molar-refractivity contribution in [3.63, 3.8) is 0 Å². The second-order valence-corrected chi connectivity index (χ2v) is 4.85. The normalized spacial score (nSPS) is 18.5. The minimum Gasteiger partial charge on any atom is -0.379 e. The Balaban J connectivity index is 0.000000921. The number of rotatable bonds is 1. The Morgan fingerprint density at radius 3 is 2.13 bits per heavy atom. The van der Waals surface area contributed by atoms with Gasteiger partial charge in [-0.3, -0.25) is 0 Å². The lowest BCUT2D eigenvalue weighted by Crippen LogP contribution is -2.33. The van der Waals surface area contributed by atoms with E-state index in [1.54, 1.807) is 0 Å². The molecule has 1 heteroatoms. The van der Waals surface area contributed by atoms with Gasteiger partial charge in [0, 0.05) is 0 Å². The molecule has 0 aromatic heterocycles. The van der Waals surface area contributed by atoms with Gasteiger partial charge in [0.1, 0.15) is 0 Å². The van der Waals surface area contributed by atoms with E-state index in [0.29, 0.717) is 11.3 Å². The Morgan fingerprint density at radius 2 is 1.73 bits per heavy atom. The molecule has 1 aliphatic rings. The molecule has 0 saturated carbocycles. The first-order valence-electron chi connectivity index (χ1n) is 5.90. The minimum absolute atomic E-state index is 0.322. The van der Waals surface area contributed by atoms with E-state index < -0.39 is 0 Å². The van der Waals surface area contributed by atoms with Crippen LogP contribution in [0.15, 0.2) is 23.9 Å². The maximum absolute atomic E-state index is 3.34. The molecule has 1 N–H and O–H groups in total. The van der Waals surface area contributed by atoms with Crippen LogP contribution in [0.3, 0.4) is 0 Å². The maximum atomic E-state index is 3.34. The van der Waals surface area contributed by atoms with Gasteiger partial charge in [-0.25, -0.2) is 0 Å². The number of nitrogens with one attached hydrogen (secondary N) is 1. The molecule has 0 aromatic rings. The monoisotopic (exact) mass is 208 g/mol. The van der Waals surface area contributed by atoms with Gasteiger partial charge in [-0.15, -0.1) is 0 Å². The zero-order valence-electron chi connectivity index (χ0n) is 11.3. The molecule has 0 aliphatic carbocycles. The highest BCUT2D eigenvalue weighted by atomic mass is 14.9. The van der Waals surface area contributed by atoms with Gasteiger partial charge in [0.25, 0.3) is 0 Å². The van der Waals surface area contributed by atoms with Crippen molar-refractivity contribution in [1.29, 1.82) is 0 Å². The summed E-state index contributed by atoms with van der Waals surface area (Å²) in [7, 11) is 0. The highest BCUT2D eigenvalue weighted by Crippen LogP contribution is 2.35. The van der Waals surface area contributed by atoms with E-state index in [1.165, 1.54) is 11.6 Å². The molecule has 1 atom stereocenters. The van der Waals surface area contributed by atoms with Crippen LogP contribution in [0.25, 0.3) is 0 Å². The predicted octanol–water partition coefficient (Wildman–Crippen LogP) is 4.29. The van der Waals surface area contributed by atoms with Gasteiger partial charge in [-0.05, 0) is 36.1 Å². The lowest BCUT2D eigenvalue weighted by molar-refractivity contribution is 0.267. The third-order valence-electron chi connectivity index (χ3n) is 2.84. The summed E-state index contributed by atoms with van der Waals surface area (Å²) in [5.74, 6) is 0.564. The van der Waals surface area contributed by atoms with Gasteiger partial charge in [0.2, 0.25) is 0 Å². The molecule has 1 heterocycles. The SMILES string of the molecule is CC.CC1=CC=CN[C]1C(C)C(C)(C)C. The molecular formula is C14H26N. The first-order valence-corrected chi connectivity index (χ1v) is 5.90. The van der Waals surface area contributed by atoms with E-state index in [4.69, 9.17) is 0 Å². The van der Waals surface area contributed by atoms with Crippen LogP contribution in [-0.4, -0.2) is 0 Å². The van der Waals surface area contributed by atoms with Crippen LogP contribution in [-0.2, 0) is 0 Å². The van der Waals surface area contributed by atoms with Crippen molar-refractivity contribution in [3.8, 4) is 0 Å². The number of dihydropyridines is 1. The zero-order chi connectivity index (χ0) is 12.1. The first-order chi connectivity index (χ1) is 6.93. The average Bonchev–Trinajstić information content (AvgIpc) is 2.19. The molecule has 1 unspecified atom stereocenters. The van der Waals surface area contributed by atoms with Crippen LogP contribution in [0, 0.1) is 17.4 Å². The predicted molar refractivity (Wildman–Crippen MR) is 69.2 cm³/mol. The van der Waals surface area contributed by atoms with Gasteiger partial charge in [-0.1, -0.05) is 47.6 Å². The van der Waals surface area contributed by atoms with E-state index in [-0.39, 0.29) is 0 Å². The van der Waals surface area contributed by atoms with Crippen molar-refractivity contribution in [3.05, 3.63) is 30.0 Å². The largest absolute Gasteiger partial charge is 0.379 e. The Hall–Kier alpha value is -0.720. The summed E-state index contributed by atoms with van der Waals surface area (Å²) in [6.45, 7) is 15.3. The Labute approximate surface area is 95.7 Å².